The summed E-state index contributed by atoms with van der Waals surface area (Å²) in [5, 5.41) is 2.37. The van der Waals surface area contributed by atoms with Crippen LogP contribution in [0.15, 0.2) is 78.9 Å². The van der Waals surface area contributed by atoms with Crippen molar-refractivity contribution in [2.75, 3.05) is 14.2 Å². The van der Waals surface area contributed by atoms with Crippen molar-refractivity contribution in [1.29, 1.82) is 0 Å². The van der Waals surface area contributed by atoms with E-state index in [2.05, 4.69) is 84.1 Å². The number of aromatic nitrogens is 2. The molecule has 0 spiro atoms. The van der Waals surface area contributed by atoms with Crippen LogP contribution in [0.2, 0.25) is 0 Å². The summed E-state index contributed by atoms with van der Waals surface area (Å²) in [6.45, 7) is 5.24. The number of methoxy groups -OCH3 is 2. The highest BCUT2D eigenvalue weighted by Crippen LogP contribution is 2.30. The first kappa shape index (κ1) is 22.5. The molecule has 0 saturated heterocycles. The predicted molar refractivity (Wildman–Crippen MR) is 138 cm³/mol. The molecule has 2 aromatic heterocycles. The Bertz CT molecular complexity index is 1330. The van der Waals surface area contributed by atoms with Crippen LogP contribution in [0, 0.1) is 0 Å². The quantitative estimate of drug-likeness (QED) is 0.309. The van der Waals surface area contributed by atoms with E-state index in [0.29, 0.717) is 0 Å². The Balaban J connectivity index is 0.000000172. The lowest BCUT2D eigenvalue weighted by Gasteiger charge is -2.10. The summed E-state index contributed by atoms with van der Waals surface area (Å²) in [6.07, 6.45) is 2.04. The van der Waals surface area contributed by atoms with Gasteiger partial charge in [0.05, 0.1) is 19.7 Å². The minimum atomic E-state index is 0.903. The Kier molecular flexibility index (Phi) is 7.04. The molecule has 0 radical (unpaired) electrons. The van der Waals surface area contributed by atoms with Gasteiger partial charge >= 0.3 is 0 Å². The van der Waals surface area contributed by atoms with Crippen LogP contribution in [0.5, 0.6) is 11.5 Å². The molecular weight excluding hydrogens is 408 g/mol. The zero-order valence-corrected chi connectivity index (χ0v) is 19.9. The Morgan fingerprint density at radius 2 is 1.42 bits per heavy atom. The van der Waals surface area contributed by atoms with Gasteiger partial charge in [0.25, 0.3) is 0 Å². The van der Waals surface area contributed by atoms with Crippen LogP contribution in [0.4, 0.5) is 0 Å². The third kappa shape index (κ3) is 4.75. The van der Waals surface area contributed by atoms with Gasteiger partial charge in [0.2, 0.25) is 0 Å². The lowest BCUT2D eigenvalue weighted by atomic mass is 10.2. The largest absolute Gasteiger partial charge is 0.496 e. The van der Waals surface area contributed by atoms with Crippen molar-refractivity contribution in [3.05, 3.63) is 95.8 Å². The molecule has 0 amide bonds. The lowest BCUT2D eigenvalue weighted by molar-refractivity contribution is 0.419. The van der Waals surface area contributed by atoms with Gasteiger partial charge in [-0.05, 0) is 54.8 Å². The lowest BCUT2D eigenvalue weighted by Crippen LogP contribution is -2.03. The second-order valence-corrected chi connectivity index (χ2v) is 8.02. The van der Waals surface area contributed by atoms with Crippen LogP contribution in [-0.4, -0.2) is 23.8 Å². The van der Waals surface area contributed by atoms with Crippen molar-refractivity contribution in [2.24, 2.45) is 0 Å². The number of aromatic amines is 1. The summed E-state index contributed by atoms with van der Waals surface area (Å²) in [5.74, 6) is 1.89. The third-order valence-electron chi connectivity index (χ3n) is 6.04. The number of hydrogen-bond acceptors (Lipinski definition) is 2. The van der Waals surface area contributed by atoms with Gasteiger partial charge in [-0.2, -0.15) is 0 Å². The van der Waals surface area contributed by atoms with Gasteiger partial charge in [0.1, 0.15) is 11.5 Å². The normalized spacial score (nSPS) is 10.8. The molecule has 0 unspecified atom stereocenters. The van der Waals surface area contributed by atoms with Crippen molar-refractivity contribution in [3.8, 4) is 11.5 Å². The summed E-state index contributed by atoms with van der Waals surface area (Å²) in [6, 6.07) is 27.3. The van der Waals surface area contributed by atoms with Crippen LogP contribution in [0.25, 0.3) is 21.8 Å². The molecule has 4 heteroatoms. The predicted octanol–water partition coefficient (Wildman–Crippen LogP) is 7.00. The Morgan fingerprint density at radius 1 is 0.727 bits per heavy atom. The monoisotopic (exact) mass is 440 g/mol. The van der Waals surface area contributed by atoms with E-state index in [0.717, 1.165) is 36.4 Å². The van der Waals surface area contributed by atoms with Crippen molar-refractivity contribution in [1.82, 2.24) is 9.55 Å². The summed E-state index contributed by atoms with van der Waals surface area (Å²) in [5.41, 5.74) is 6.30. The van der Waals surface area contributed by atoms with Gasteiger partial charge in [0.15, 0.2) is 0 Å². The summed E-state index contributed by atoms with van der Waals surface area (Å²) < 4.78 is 13.1. The Morgan fingerprint density at radius 3 is 2.09 bits per heavy atom. The summed E-state index contributed by atoms with van der Waals surface area (Å²) >= 11 is 0. The number of hydrogen-bond donors (Lipinski definition) is 1. The van der Waals surface area contributed by atoms with E-state index in [1.54, 1.807) is 14.2 Å². The molecule has 0 fully saturated rings. The number of aryl methyl sites for hydroxylation is 2. The van der Waals surface area contributed by atoms with E-state index < -0.39 is 0 Å². The number of fused-ring (bicyclic) bond motifs is 2. The van der Waals surface area contributed by atoms with Gasteiger partial charge in [-0.3, -0.25) is 0 Å². The number of nitrogens with zero attached hydrogens (tertiary/aromatic N) is 1. The fourth-order valence-corrected chi connectivity index (χ4v) is 4.29. The van der Waals surface area contributed by atoms with Crippen LogP contribution < -0.4 is 9.47 Å². The fourth-order valence-electron chi connectivity index (χ4n) is 4.29. The molecule has 0 aliphatic heterocycles. The molecule has 5 aromatic rings. The standard InChI is InChI=1S/C18H19NO.C11H13NO/c1-3-15-12-16-17(10-7-11-18(16)20-2)19(15)13-14-8-5-4-6-9-14;1-3-8-7-9-10(12-8)5-4-6-11(9)13-2/h4-12H,3,13H2,1-2H3;4-7,12H,3H2,1-2H3. The zero-order valence-electron chi connectivity index (χ0n) is 19.9. The van der Waals surface area contributed by atoms with Crippen molar-refractivity contribution in [2.45, 2.75) is 33.2 Å². The molecule has 0 saturated carbocycles. The first-order chi connectivity index (χ1) is 16.2. The molecule has 3 aromatic carbocycles. The van der Waals surface area contributed by atoms with Gasteiger partial charge in [0, 0.05) is 34.2 Å². The van der Waals surface area contributed by atoms with Gasteiger partial charge in [-0.15, -0.1) is 0 Å². The van der Waals surface area contributed by atoms with Gasteiger partial charge in [-0.1, -0.05) is 56.3 Å². The highest BCUT2D eigenvalue weighted by atomic mass is 16.5. The summed E-state index contributed by atoms with van der Waals surface area (Å²) in [7, 11) is 3.43. The van der Waals surface area contributed by atoms with E-state index in [1.807, 2.05) is 18.2 Å². The molecule has 33 heavy (non-hydrogen) atoms. The molecule has 0 atom stereocenters. The Labute approximate surface area is 195 Å². The molecule has 0 bridgehead atoms. The fraction of sp³-hybridized carbons (Fsp3) is 0.241. The smallest absolute Gasteiger partial charge is 0.128 e. The van der Waals surface area contributed by atoms with E-state index in [9.17, 15) is 0 Å². The number of rotatable bonds is 6. The van der Waals surface area contributed by atoms with Crippen LogP contribution >= 0.6 is 0 Å². The van der Waals surface area contributed by atoms with Crippen molar-refractivity contribution < 1.29 is 9.47 Å². The van der Waals surface area contributed by atoms with E-state index in [1.165, 1.54) is 33.2 Å². The third-order valence-corrected chi connectivity index (χ3v) is 6.04. The summed E-state index contributed by atoms with van der Waals surface area (Å²) in [4.78, 5) is 3.34. The average molecular weight is 441 g/mol. The van der Waals surface area contributed by atoms with E-state index in [-0.39, 0.29) is 0 Å². The highest BCUT2D eigenvalue weighted by Gasteiger charge is 2.11. The van der Waals surface area contributed by atoms with Crippen LogP contribution in [-0.2, 0) is 19.4 Å². The zero-order chi connectivity index (χ0) is 23.2. The first-order valence-electron chi connectivity index (χ1n) is 11.5. The van der Waals surface area contributed by atoms with Crippen LogP contribution in [0.3, 0.4) is 0 Å². The molecule has 2 heterocycles. The maximum atomic E-state index is 5.48. The minimum Gasteiger partial charge on any atom is -0.496 e. The number of ether oxygens (including phenoxy) is 2. The van der Waals surface area contributed by atoms with Gasteiger partial charge in [-0.25, -0.2) is 0 Å². The molecule has 4 nitrogen and oxygen atoms in total. The Hall–Kier alpha value is -3.66. The first-order valence-corrected chi connectivity index (χ1v) is 11.5. The molecule has 5 rings (SSSR count). The maximum Gasteiger partial charge on any atom is 0.128 e. The van der Waals surface area contributed by atoms with Crippen molar-refractivity contribution in [3.63, 3.8) is 0 Å². The molecule has 0 aliphatic carbocycles. The molecule has 1 N–H and O–H groups in total. The molecule has 170 valence electrons. The number of nitrogens with one attached hydrogen (secondary N) is 1. The van der Waals surface area contributed by atoms with Crippen LogP contribution in [0.1, 0.15) is 30.8 Å². The molecule has 0 aliphatic rings. The van der Waals surface area contributed by atoms with E-state index >= 15 is 0 Å². The number of H-pyrrole nitrogens is 1. The average Bonchev–Trinajstić information content (AvgIpc) is 3.46. The second kappa shape index (κ2) is 10.3. The highest BCUT2D eigenvalue weighted by molar-refractivity contribution is 5.88. The topological polar surface area (TPSA) is 39.2 Å². The SMILES string of the molecule is CCc1cc2c(OC)cccc2[nH]1.CCc1cc2c(OC)cccc2n1Cc1ccccc1. The maximum absolute atomic E-state index is 5.48. The minimum absolute atomic E-state index is 0.903. The van der Waals surface area contributed by atoms with E-state index in [4.69, 9.17) is 9.47 Å². The second-order valence-electron chi connectivity index (χ2n) is 8.02. The molecular formula is C29H32N2O2. The van der Waals surface area contributed by atoms with Gasteiger partial charge < -0.3 is 19.0 Å². The number of benzene rings is 3. The van der Waals surface area contributed by atoms with Crippen molar-refractivity contribution >= 4 is 21.8 Å².